The van der Waals surface area contributed by atoms with Crippen molar-refractivity contribution in [3.8, 4) is 11.8 Å². The predicted molar refractivity (Wildman–Crippen MR) is 95.5 cm³/mol. The molecule has 1 aliphatic rings. The number of aliphatic hydroxyl groups excluding tert-OH is 1. The smallest absolute Gasteiger partial charge is 0.291 e. The highest BCUT2D eigenvalue weighted by Crippen LogP contribution is 2.42. The van der Waals surface area contributed by atoms with Gasteiger partial charge in [-0.05, 0) is 44.2 Å². The third kappa shape index (κ3) is 2.40. The van der Waals surface area contributed by atoms with Crippen molar-refractivity contribution in [2.45, 2.75) is 31.6 Å². The van der Waals surface area contributed by atoms with E-state index in [1.54, 1.807) is 50.2 Å². The molecule has 0 unspecified atom stereocenters. The molecule has 0 amide bonds. The maximum Gasteiger partial charge on any atom is 0.291 e. The van der Waals surface area contributed by atoms with Crippen LogP contribution in [-0.4, -0.2) is 21.6 Å². The lowest BCUT2D eigenvalue weighted by atomic mass is 9.86. The molecule has 1 aromatic heterocycles. The molecule has 0 radical (unpaired) electrons. The summed E-state index contributed by atoms with van der Waals surface area (Å²) in [7, 11) is 0. The maximum absolute atomic E-state index is 12.9. The second kappa shape index (κ2) is 5.63. The summed E-state index contributed by atoms with van der Waals surface area (Å²) in [6, 6.07) is 10.9. The highest BCUT2D eigenvalue weighted by atomic mass is 35.5. The standard InChI is InChI=1S/C19H15ClN2O4/c1-19(2)17(23)16(13-7-10(9-21)3-6-14(13)25-19)22-18(24)12-5-4-11(20)8-15(12)26-22/h3-8,16-17,23H,1-2H3/t16-,17+/m1/s1. The average molecular weight is 371 g/mol. The molecule has 132 valence electrons. The zero-order chi connectivity index (χ0) is 18.6. The van der Waals surface area contributed by atoms with Crippen LogP contribution >= 0.6 is 11.6 Å². The molecule has 2 atom stereocenters. The monoisotopic (exact) mass is 370 g/mol. The first kappa shape index (κ1) is 16.7. The fraction of sp³-hybridized carbons (Fsp3) is 0.263. The van der Waals surface area contributed by atoms with E-state index in [-0.39, 0.29) is 5.56 Å². The quantitative estimate of drug-likeness (QED) is 0.710. The van der Waals surface area contributed by atoms with Crippen molar-refractivity contribution in [2.75, 3.05) is 0 Å². The number of hydrogen-bond acceptors (Lipinski definition) is 5. The molecule has 1 N–H and O–H groups in total. The third-order valence-corrected chi connectivity index (χ3v) is 4.90. The normalized spacial score (nSPS) is 21.0. The Bertz CT molecular complexity index is 1120. The van der Waals surface area contributed by atoms with E-state index in [0.29, 0.717) is 32.9 Å². The van der Waals surface area contributed by atoms with Gasteiger partial charge >= 0.3 is 0 Å². The molecular formula is C19H15ClN2O4. The van der Waals surface area contributed by atoms with E-state index in [4.69, 9.17) is 20.9 Å². The van der Waals surface area contributed by atoms with Gasteiger partial charge in [0.15, 0.2) is 5.58 Å². The molecule has 0 aliphatic carbocycles. The van der Waals surface area contributed by atoms with Gasteiger partial charge in [0.1, 0.15) is 23.5 Å². The van der Waals surface area contributed by atoms with Crippen molar-refractivity contribution in [1.82, 2.24) is 4.74 Å². The molecule has 1 aliphatic heterocycles. The van der Waals surface area contributed by atoms with Crippen LogP contribution in [0.25, 0.3) is 11.0 Å². The van der Waals surface area contributed by atoms with E-state index in [0.717, 1.165) is 4.74 Å². The van der Waals surface area contributed by atoms with Crippen LogP contribution in [-0.2, 0) is 0 Å². The molecule has 2 heterocycles. The van der Waals surface area contributed by atoms with Crippen molar-refractivity contribution in [1.29, 1.82) is 5.26 Å². The zero-order valence-corrected chi connectivity index (χ0v) is 14.8. The van der Waals surface area contributed by atoms with Crippen LogP contribution < -0.4 is 10.3 Å². The van der Waals surface area contributed by atoms with Gasteiger partial charge in [-0.1, -0.05) is 11.6 Å². The van der Waals surface area contributed by atoms with Crippen LogP contribution in [0.4, 0.5) is 0 Å². The zero-order valence-electron chi connectivity index (χ0n) is 14.1. The van der Waals surface area contributed by atoms with Crippen LogP contribution in [0.1, 0.15) is 31.0 Å². The lowest BCUT2D eigenvalue weighted by molar-refractivity contribution is -0.0764. The van der Waals surface area contributed by atoms with Crippen LogP contribution in [0.15, 0.2) is 45.7 Å². The maximum atomic E-state index is 12.9. The molecule has 0 spiro atoms. The summed E-state index contributed by atoms with van der Waals surface area (Å²) in [4.78, 5) is 12.9. The van der Waals surface area contributed by atoms with Gasteiger partial charge in [0.25, 0.3) is 5.56 Å². The highest BCUT2D eigenvalue weighted by Gasteiger charge is 2.45. The number of fused-ring (bicyclic) bond motifs is 2. The van der Waals surface area contributed by atoms with E-state index in [2.05, 4.69) is 6.07 Å². The second-order valence-electron chi connectivity index (χ2n) is 6.82. The first-order valence-corrected chi connectivity index (χ1v) is 8.42. The Morgan fingerprint density at radius 1 is 1.27 bits per heavy atom. The Morgan fingerprint density at radius 2 is 2.04 bits per heavy atom. The van der Waals surface area contributed by atoms with Gasteiger partial charge in [0.2, 0.25) is 0 Å². The Balaban J connectivity index is 2.00. The van der Waals surface area contributed by atoms with Gasteiger partial charge in [0.05, 0.1) is 17.0 Å². The molecule has 3 aromatic rings. The van der Waals surface area contributed by atoms with Crippen LogP contribution in [0.3, 0.4) is 0 Å². The summed E-state index contributed by atoms with van der Waals surface area (Å²) in [5.41, 5.74) is -0.0923. The minimum absolute atomic E-state index is 0.331. The Labute approximate surface area is 153 Å². The first-order chi connectivity index (χ1) is 12.3. The van der Waals surface area contributed by atoms with Crippen molar-refractivity contribution in [2.24, 2.45) is 0 Å². The summed E-state index contributed by atoms with van der Waals surface area (Å²) in [6.45, 7) is 3.47. The van der Waals surface area contributed by atoms with E-state index in [9.17, 15) is 15.2 Å². The summed E-state index contributed by atoms with van der Waals surface area (Å²) < 4.78 is 12.7. The fourth-order valence-electron chi connectivity index (χ4n) is 3.29. The van der Waals surface area contributed by atoms with E-state index in [1.165, 1.54) is 0 Å². The van der Waals surface area contributed by atoms with Gasteiger partial charge in [0, 0.05) is 16.7 Å². The van der Waals surface area contributed by atoms with Crippen LogP contribution in [0.5, 0.6) is 5.75 Å². The number of halogens is 1. The summed E-state index contributed by atoms with van der Waals surface area (Å²) in [5.74, 6) is 0.495. The molecule has 6 nitrogen and oxygen atoms in total. The Kier molecular flexibility index (Phi) is 3.62. The largest absolute Gasteiger partial charge is 0.485 e. The third-order valence-electron chi connectivity index (χ3n) is 4.67. The molecule has 0 saturated heterocycles. The number of nitrogens with zero attached hydrogens (tertiary/aromatic N) is 2. The number of rotatable bonds is 1. The summed E-state index contributed by atoms with van der Waals surface area (Å²) in [6.07, 6.45) is -1.07. The van der Waals surface area contributed by atoms with Crippen molar-refractivity contribution in [3.63, 3.8) is 0 Å². The van der Waals surface area contributed by atoms with E-state index < -0.39 is 17.7 Å². The van der Waals surface area contributed by atoms with Gasteiger partial charge < -0.3 is 14.4 Å². The Morgan fingerprint density at radius 3 is 2.77 bits per heavy atom. The fourth-order valence-corrected chi connectivity index (χ4v) is 3.45. The van der Waals surface area contributed by atoms with Crippen molar-refractivity contribution in [3.05, 3.63) is 62.9 Å². The highest BCUT2D eigenvalue weighted by molar-refractivity contribution is 6.31. The lowest BCUT2D eigenvalue weighted by Crippen LogP contribution is -2.51. The number of benzene rings is 2. The van der Waals surface area contributed by atoms with Gasteiger partial charge in [-0.3, -0.25) is 4.79 Å². The van der Waals surface area contributed by atoms with Gasteiger partial charge in [-0.2, -0.15) is 10.0 Å². The lowest BCUT2D eigenvalue weighted by Gasteiger charge is -2.41. The number of aliphatic hydroxyl groups is 1. The Hall–Kier alpha value is -2.75. The number of nitriles is 1. The second-order valence-corrected chi connectivity index (χ2v) is 7.26. The molecule has 7 heteroatoms. The molecule has 0 fully saturated rings. The van der Waals surface area contributed by atoms with Crippen molar-refractivity contribution < 1.29 is 14.4 Å². The minimum Gasteiger partial charge on any atom is -0.485 e. The van der Waals surface area contributed by atoms with E-state index in [1.807, 2.05) is 0 Å². The average Bonchev–Trinajstić information content (AvgIpc) is 2.91. The molecule has 26 heavy (non-hydrogen) atoms. The van der Waals surface area contributed by atoms with Crippen LogP contribution in [0.2, 0.25) is 5.02 Å². The summed E-state index contributed by atoms with van der Waals surface area (Å²) in [5, 5.41) is 20.9. The molecule has 2 aromatic carbocycles. The topological polar surface area (TPSA) is 88.4 Å². The number of aromatic nitrogens is 1. The number of hydrogen-bond donors (Lipinski definition) is 1. The molecule has 0 bridgehead atoms. The molecule has 0 saturated carbocycles. The van der Waals surface area contributed by atoms with Gasteiger partial charge in [-0.25, -0.2) is 0 Å². The number of ether oxygens (including phenoxy) is 1. The van der Waals surface area contributed by atoms with Gasteiger partial charge in [-0.15, -0.1) is 0 Å². The van der Waals surface area contributed by atoms with Crippen molar-refractivity contribution >= 4 is 22.6 Å². The summed E-state index contributed by atoms with van der Waals surface area (Å²) >= 11 is 5.98. The SMILES string of the molecule is CC1(C)Oc2ccc(C#N)cc2[C@@H](n2oc3cc(Cl)ccc3c2=O)[C@@H]1O. The molecule has 4 rings (SSSR count). The van der Waals surface area contributed by atoms with Crippen LogP contribution in [0, 0.1) is 11.3 Å². The first-order valence-electron chi connectivity index (χ1n) is 8.04. The van der Waals surface area contributed by atoms with E-state index >= 15 is 0 Å². The predicted octanol–water partition coefficient (Wildman–Crippen LogP) is 3.24. The minimum atomic E-state index is -1.07. The molecular weight excluding hydrogens is 356 g/mol.